The summed E-state index contributed by atoms with van der Waals surface area (Å²) in [6.45, 7) is 2.33. The van der Waals surface area contributed by atoms with Crippen LogP contribution in [0.5, 0.6) is 11.5 Å². The van der Waals surface area contributed by atoms with E-state index < -0.39 is 0 Å². The van der Waals surface area contributed by atoms with Gasteiger partial charge in [0, 0.05) is 4.90 Å². The number of ether oxygens (including phenoxy) is 1. The molecule has 0 aliphatic carbocycles. The van der Waals surface area contributed by atoms with Crippen molar-refractivity contribution in [2.45, 2.75) is 11.8 Å². The SMILES string of the molecule is CCOc1cc(/C=C2\SCNC2=O)c(-c2ccc(SC)cc2)cc1O. The number of benzene rings is 2. The molecule has 0 atom stereocenters. The fraction of sp³-hybridized carbons (Fsp3) is 0.211. The van der Waals surface area contributed by atoms with E-state index in [9.17, 15) is 9.90 Å². The lowest BCUT2D eigenvalue weighted by molar-refractivity contribution is -0.116. The maximum atomic E-state index is 11.9. The molecule has 0 radical (unpaired) electrons. The molecule has 0 spiro atoms. The molecule has 2 aromatic rings. The molecule has 130 valence electrons. The second-order valence-electron chi connectivity index (χ2n) is 5.37. The number of phenolic OH excluding ortho intramolecular Hbond substituents is 1. The summed E-state index contributed by atoms with van der Waals surface area (Å²) < 4.78 is 5.51. The van der Waals surface area contributed by atoms with Gasteiger partial charge in [-0.2, -0.15) is 0 Å². The average Bonchev–Trinajstić information content (AvgIpc) is 3.03. The maximum Gasteiger partial charge on any atom is 0.258 e. The molecular formula is C19H19NO3S2. The summed E-state index contributed by atoms with van der Waals surface area (Å²) in [6.07, 6.45) is 3.89. The first-order valence-electron chi connectivity index (χ1n) is 7.89. The minimum absolute atomic E-state index is 0.0697. The van der Waals surface area contributed by atoms with Gasteiger partial charge in [-0.05, 0) is 60.2 Å². The van der Waals surface area contributed by atoms with Crippen LogP contribution in [0.1, 0.15) is 12.5 Å². The maximum absolute atomic E-state index is 11.9. The quantitative estimate of drug-likeness (QED) is 0.603. The standard InChI is InChI=1S/C19H19NO3S2/c1-3-23-17-8-13(9-18-19(22)20-11-25-18)15(10-16(17)21)12-4-6-14(24-2)7-5-12/h4-10,21H,3,11H2,1-2H3,(H,20,22)/b18-9-. The number of hydrogen-bond acceptors (Lipinski definition) is 5. The van der Waals surface area contributed by atoms with Gasteiger partial charge in [-0.1, -0.05) is 23.9 Å². The Balaban J connectivity index is 2.11. The van der Waals surface area contributed by atoms with Crippen LogP contribution in [0.3, 0.4) is 0 Å². The number of carbonyl (C=O) groups excluding carboxylic acids is 1. The topological polar surface area (TPSA) is 58.6 Å². The highest BCUT2D eigenvalue weighted by Gasteiger charge is 2.19. The molecule has 2 aromatic carbocycles. The summed E-state index contributed by atoms with van der Waals surface area (Å²) in [7, 11) is 0. The molecule has 2 N–H and O–H groups in total. The first kappa shape index (κ1) is 17.8. The van der Waals surface area contributed by atoms with Gasteiger partial charge in [0.05, 0.1) is 17.4 Å². The molecule has 0 unspecified atom stereocenters. The van der Waals surface area contributed by atoms with Crippen molar-refractivity contribution >= 4 is 35.5 Å². The molecule has 0 bridgehead atoms. The first-order chi connectivity index (χ1) is 12.1. The van der Waals surface area contributed by atoms with E-state index in [2.05, 4.69) is 5.32 Å². The Morgan fingerprint density at radius 3 is 2.68 bits per heavy atom. The van der Waals surface area contributed by atoms with Crippen molar-refractivity contribution in [1.82, 2.24) is 5.32 Å². The third-order valence-electron chi connectivity index (χ3n) is 3.80. The van der Waals surface area contributed by atoms with Crippen LogP contribution in [-0.4, -0.2) is 29.8 Å². The van der Waals surface area contributed by atoms with Crippen molar-refractivity contribution < 1.29 is 14.6 Å². The lowest BCUT2D eigenvalue weighted by Gasteiger charge is -2.13. The van der Waals surface area contributed by atoms with Crippen LogP contribution in [0.4, 0.5) is 0 Å². The second kappa shape index (κ2) is 7.89. The van der Waals surface area contributed by atoms with Gasteiger partial charge in [-0.3, -0.25) is 4.79 Å². The number of phenols is 1. The van der Waals surface area contributed by atoms with Gasteiger partial charge in [0.15, 0.2) is 11.5 Å². The van der Waals surface area contributed by atoms with Crippen molar-refractivity contribution in [3.63, 3.8) is 0 Å². The lowest BCUT2D eigenvalue weighted by Crippen LogP contribution is -2.13. The van der Waals surface area contributed by atoms with Crippen molar-refractivity contribution in [3.8, 4) is 22.6 Å². The summed E-state index contributed by atoms with van der Waals surface area (Å²) in [5.74, 6) is 1.03. The van der Waals surface area contributed by atoms with Gasteiger partial charge >= 0.3 is 0 Å². The summed E-state index contributed by atoms with van der Waals surface area (Å²) >= 11 is 3.15. The van der Waals surface area contributed by atoms with E-state index in [1.54, 1.807) is 23.9 Å². The zero-order chi connectivity index (χ0) is 17.8. The van der Waals surface area contributed by atoms with Crippen LogP contribution in [-0.2, 0) is 4.79 Å². The zero-order valence-corrected chi connectivity index (χ0v) is 15.7. The molecule has 6 heteroatoms. The monoisotopic (exact) mass is 373 g/mol. The summed E-state index contributed by atoms with van der Waals surface area (Å²) in [4.78, 5) is 13.7. The van der Waals surface area contributed by atoms with E-state index in [1.807, 2.05) is 43.5 Å². The van der Waals surface area contributed by atoms with E-state index in [4.69, 9.17) is 4.74 Å². The molecule has 0 aromatic heterocycles. The number of aromatic hydroxyl groups is 1. The number of amides is 1. The predicted molar refractivity (Wildman–Crippen MR) is 105 cm³/mol. The van der Waals surface area contributed by atoms with E-state index in [0.29, 0.717) is 23.1 Å². The second-order valence-corrected chi connectivity index (χ2v) is 7.27. The van der Waals surface area contributed by atoms with Gasteiger partial charge < -0.3 is 15.2 Å². The lowest BCUT2D eigenvalue weighted by atomic mass is 9.98. The normalized spacial score (nSPS) is 15.4. The van der Waals surface area contributed by atoms with Crippen LogP contribution < -0.4 is 10.1 Å². The molecule has 1 fully saturated rings. The largest absolute Gasteiger partial charge is 0.504 e. The molecule has 1 aliphatic rings. The van der Waals surface area contributed by atoms with Crippen LogP contribution in [0.2, 0.25) is 0 Å². The van der Waals surface area contributed by atoms with Crippen molar-refractivity contribution in [3.05, 3.63) is 46.9 Å². The third kappa shape index (κ3) is 3.96. The van der Waals surface area contributed by atoms with E-state index in [1.165, 1.54) is 16.7 Å². The average molecular weight is 373 g/mol. The Hall–Kier alpha value is -2.05. The summed E-state index contributed by atoms with van der Waals surface area (Å²) in [5.41, 5.74) is 2.69. The van der Waals surface area contributed by atoms with Crippen molar-refractivity contribution in [2.24, 2.45) is 0 Å². The molecule has 25 heavy (non-hydrogen) atoms. The van der Waals surface area contributed by atoms with Crippen molar-refractivity contribution in [2.75, 3.05) is 18.7 Å². The smallest absolute Gasteiger partial charge is 0.258 e. The minimum atomic E-state index is -0.0697. The molecule has 3 rings (SSSR count). The number of hydrogen-bond donors (Lipinski definition) is 2. The van der Waals surface area contributed by atoms with E-state index in [-0.39, 0.29) is 11.7 Å². The molecule has 4 nitrogen and oxygen atoms in total. The van der Waals surface area contributed by atoms with Gasteiger partial charge in [0.25, 0.3) is 5.91 Å². The fourth-order valence-corrected chi connectivity index (χ4v) is 3.76. The van der Waals surface area contributed by atoms with Crippen LogP contribution in [0.15, 0.2) is 46.2 Å². The Morgan fingerprint density at radius 2 is 2.08 bits per heavy atom. The Kier molecular flexibility index (Phi) is 5.60. The summed E-state index contributed by atoms with van der Waals surface area (Å²) in [5, 5.41) is 13.1. The summed E-state index contributed by atoms with van der Waals surface area (Å²) in [6, 6.07) is 11.6. The predicted octanol–water partition coefficient (Wildman–Crippen LogP) is 4.34. The highest BCUT2D eigenvalue weighted by atomic mass is 32.2. The van der Waals surface area contributed by atoms with Gasteiger partial charge in [-0.15, -0.1) is 11.8 Å². The fourth-order valence-electron chi connectivity index (χ4n) is 2.58. The molecule has 0 saturated carbocycles. The highest BCUT2D eigenvalue weighted by Crippen LogP contribution is 2.38. The van der Waals surface area contributed by atoms with Crippen molar-refractivity contribution in [1.29, 1.82) is 0 Å². The Labute approximate surface area is 155 Å². The van der Waals surface area contributed by atoms with Gasteiger partial charge in [-0.25, -0.2) is 0 Å². The third-order valence-corrected chi connectivity index (χ3v) is 5.45. The van der Waals surface area contributed by atoms with E-state index >= 15 is 0 Å². The molecule has 1 aliphatic heterocycles. The van der Waals surface area contributed by atoms with Crippen LogP contribution >= 0.6 is 23.5 Å². The van der Waals surface area contributed by atoms with Gasteiger partial charge in [0.1, 0.15) is 0 Å². The zero-order valence-electron chi connectivity index (χ0n) is 14.0. The van der Waals surface area contributed by atoms with E-state index in [0.717, 1.165) is 16.7 Å². The molecule has 1 heterocycles. The highest BCUT2D eigenvalue weighted by molar-refractivity contribution is 8.04. The number of rotatable bonds is 5. The van der Waals surface area contributed by atoms with Crippen LogP contribution in [0, 0.1) is 0 Å². The number of nitrogens with one attached hydrogen (secondary N) is 1. The molecular weight excluding hydrogens is 354 g/mol. The molecule has 1 amide bonds. The van der Waals surface area contributed by atoms with Crippen LogP contribution in [0.25, 0.3) is 17.2 Å². The number of carbonyl (C=O) groups is 1. The van der Waals surface area contributed by atoms with Gasteiger partial charge in [0.2, 0.25) is 0 Å². The molecule has 1 saturated heterocycles. The Bertz CT molecular complexity index is 816. The Morgan fingerprint density at radius 1 is 1.32 bits per heavy atom. The first-order valence-corrected chi connectivity index (χ1v) is 10.1. The minimum Gasteiger partial charge on any atom is -0.504 e. The number of thioether (sulfide) groups is 2.